The highest BCUT2D eigenvalue weighted by Gasteiger charge is 2.29. The van der Waals surface area contributed by atoms with Gasteiger partial charge in [-0.2, -0.15) is 10.1 Å². The lowest BCUT2D eigenvalue weighted by molar-refractivity contribution is 0.497. The number of aliphatic imine (C=N–C) groups is 1. The normalized spacial score (nSPS) is 16.6. The van der Waals surface area contributed by atoms with Gasteiger partial charge < -0.3 is 0 Å². The van der Waals surface area contributed by atoms with E-state index in [1.54, 1.807) is 28.9 Å². The number of benzene rings is 2. The molecule has 0 saturated carbocycles. The van der Waals surface area contributed by atoms with E-state index in [4.69, 9.17) is 23.2 Å². The van der Waals surface area contributed by atoms with Crippen molar-refractivity contribution in [1.82, 2.24) is 14.8 Å². The van der Waals surface area contributed by atoms with E-state index >= 15 is 0 Å². The smallest absolute Gasteiger partial charge is 0.222 e. The summed E-state index contributed by atoms with van der Waals surface area (Å²) in [5.74, 6) is 0.0572. The molecule has 0 bridgehead atoms. The molecule has 120 valence electrons. The van der Waals surface area contributed by atoms with Crippen molar-refractivity contribution in [2.45, 2.75) is 12.5 Å². The molecule has 0 saturated heterocycles. The molecule has 0 N–H and O–H groups in total. The van der Waals surface area contributed by atoms with E-state index in [1.165, 1.54) is 12.4 Å². The summed E-state index contributed by atoms with van der Waals surface area (Å²) in [7, 11) is 0. The SMILES string of the molecule is Fc1cccc(Cl)c1C1CC(c2ccc(Cl)cc2)=Nc2ncnn21. The van der Waals surface area contributed by atoms with Gasteiger partial charge in [0.1, 0.15) is 12.1 Å². The third kappa shape index (κ3) is 2.60. The maximum absolute atomic E-state index is 14.4. The summed E-state index contributed by atoms with van der Waals surface area (Å²) in [6.45, 7) is 0. The van der Waals surface area contributed by atoms with Crippen LogP contribution in [0.2, 0.25) is 10.0 Å². The zero-order valence-electron chi connectivity index (χ0n) is 12.3. The lowest BCUT2D eigenvalue weighted by atomic mass is 9.95. The van der Waals surface area contributed by atoms with Crippen molar-refractivity contribution in [3.63, 3.8) is 0 Å². The molecule has 1 atom stereocenters. The minimum Gasteiger partial charge on any atom is -0.222 e. The van der Waals surface area contributed by atoms with Crippen LogP contribution in [0.4, 0.5) is 10.3 Å². The van der Waals surface area contributed by atoms with Crippen LogP contribution in [0, 0.1) is 5.82 Å². The summed E-state index contributed by atoms with van der Waals surface area (Å²) in [4.78, 5) is 8.70. The van der Waals surface area contributed by atoms with Gasteiger partial charge in [-0.05, 0) is 29.8 Å². The second-order valence-electron chi connectivity index (χ2n) is 5.43. The van der Waals surface area contributed by atoms with Crippen LogP contribution >= 0.6 is 23.2 Å². The minimum atomic E-state index is -0.403. The second kappa shape index (κ2) is 6.00. The zero-order valence-corrected chi connectivity index (χ0v) is 13.8. The standard InChI is InChI=1S/C17H11Cl2FN4/c18-11-6-4-10(5-7-11)14-8-15(24-17(23-14)21-9-22-24)16-12(19)2-1-3-13(16)20/h1-7,9,15H,8H2. The van der Waals surface area contributed by atoms with Crippen molar-refractivity contribution in [3.05, 3.63) is 75.8 Å². The fourth-order valence-electron chi connectivity index (χ4n) is 2.86. The molecule has 4 nitrogen and oxygen atoms in total. The summed E-state index contributed by atoms with van der Waals surface area (Å²) >= 11 is 12.2. The number of hydrogen-bond acceptors (Lipinski definition) is 3. The lowest BCUT2D eigenvalue weighted by Gasteiger charge is -2.25. The van der Waals surface area contributed by atoms with Crippen LogP contribution < -0.4 is 0 Å². The minimum absolute atomic E-state index is 0.360. The third-order valence-electron chi connectivity index (χ3n) is 3.98. The van der Waals surface area contributed by atoms with Gasteiger partial charge in [0.15, 0.2) is 0 Å². The maximum atomic E-state index is 14.4. The zero-order chi connectivity index (χ0) is 16.7. The Kier molecular flexibility index (Phi) is 3.82. The van der Waals surface area contributed by atoms with Crippen molar-refractivity contribution in [1.29, 1.82) is 0 Å². The van der Waals surface area contributed by atoms with E-state index < -0.39 is 6.04 Å². The molecule has 0 amide bonds. The van der Waals surface area contributed by atoms with Gasteiger partial charge in [0.05, 0.1) is 11.8 Å². The summed E-state index contributed by atoms with van der Waals surface area (Å²) in [6, 6.07) is 11.6. The Hall–Kier alpha value is -2.24. The van der Waals surface area contributed by atoms with Crippen LogP contribution in [0.25, 0.3) is 0 Å². The highest BCUT2D eigenvalue weighted by atomic mass is 35.5. The number of halogens is 3. The number of fused-ring (bicyclic) bond motifs is 1. The molecule has 4 rings (SSSR count). The molecule has 0 aliphatic carbocycles. The van der Waals surface area contributed by atoms with Gasteiger partial charge in [0.25, 0.3) is 0 Å². The molecule has 1 unspecified atom stereocenters. The average molecular weight is 361 g/mol. The van der Waals surface area contributed by atoms with E-state index in [1.807, 2.05) is 12.1 Å². The average Bonchev–Trinajstić information content (AvgIpc) is 3.04. The van der Waals surface area contributed by atoms with Gasteiger partial charge >= 0.3 is 0 Å². The largest absolute Gasteiger partial charge is 0.248 e. The number of aromatic nitrogens is 3. The molecule has 0 fully saturated rings. The fraction of sp³-hybridized carbons (Fsp3) is 0.118. The van der Waals surface area contributed by atoms with E-state index in [9.17, 15) is 4.39 Å². The van der Waals surface area contributed by atoms with Gasteiger partial charge in [-0.15, -0.1) is 0 Å². The first-order chi connectivity index (χ1) is 11.6. The Labute approximate surface area is 147 Å². The highest BCUT2D eigenvalue weighted by Crippen LogP contribution is 2.36. The molecular formula is C17H11Cl2FN4. The predicted octanol–water partition coefficient (Wildman–Crippen LogP) is 4.84. The highest BCUT2D eigenvalue weighted by molar-refractivity contribution is 6.31. The molecule has 7 heteroatoms. The predicted molar refractivity (Wildman–Crippen MR) is 91.8 cm³/mol. The van der Waals surface area contributed by atoms with Crippen LogP contribution in [-0.4, -0.2) is 20.5 Å². The molecule has 24 heavy (non-hydrogen) atoms. The Bertz CT molecular complexity index is 914. The summed E-state index contributed by atoms with van der Waals surface area (Å²) < 4.78 is 16.0. The summed E-state index contributed by atoms with van der Waals surface area (Å²) in [6.07, 6.45) is 1.87. The third-order valence-corrected chi connectivity index (χ3v) is 4.56. The molecule has 2 aromatic carbocycles. The fourth-order valence-corrected chi connectivity index (χ4v) is 3.27. The first-order valence-electron chi connectivity index (χ1n) is 7.30. The molecule has 1 aliphatic heterocycles. The molecule has 0 spiro atoms. The Balaban J connectivity index is 1.83. The van der Waals surface area contributed by atoms with Gasteiger partial charge in [0, 0.05) is 22.0 Å². The van der Waals surface area contributed by atoms with Gasteiger partial charge in [-0.3, -0.25) is 0 Å². The topological polar surface area (TPSA) is 43.1 Å². The molecule has 3 aromatic rings. The monoisotopic (exact) mass is 360 g/mol. The molecule has 1 aliphatic rings. The van der Waals surface area contributed by atoms with E-state index in [2.05, 4.69) is 15.1 Å². The quantitative estimate of drug-likeness (QED) is 0.656. The van der Waals surface area contributed by atoms with Crippen molar-refractivity contribution in [3.8, 4) is 0 Å². The van der Waals surface area contributed by atoms with Crippen LogP contribution in [0.15, 0.2) is 53.8 Å². The lowest BCUT2D eigenvalue weighted by Crippen LogP contribution is -2.22. The maximum Gasteiger partial charge on any atom is 0.248 e. The van der Waals surface area contributed by atoms with Crippen LogP contribution in [0.1, 0.15) is 23.6 Å². The Morgan fingerprint density at radius 2 is 1.88 bits per heavy atom. The number of nitrogens with zero attached hydrogens (tertiary/aromatic N) is 4. The molecule has 0 radical (unpaired) electrons. The molecule has 2 heterocycles. The van der Waals surface area contributed by atoms with Crippen molar-refractivity contribution in [2.24, 2.45) is 4.99 Å². The number of rotatable bonds is 2. The Morgan fingerprint density at radius 3 is 2.62 bits per heavy atom. The molecular weight excluding hydrogens is 350 g/mol. The first kappa shape index (κ1) is 15.3. The van der Waals surface area contributed by atoms with Gasteiger partial charge in [-0.25, -0.2) is 14.1 Å². The van der Waals surface area contributed by atoms with E-state index in [-0.39, 0.29) is 5.82 Å². The van der Waals surface area contributed by atoms with Crippen molar-refractivity contribution in [2.75, 3.05) is 0 Å². The number of hydrogen-bond donors (Lipinski definition) is 0. The van der Waals surface area contributed by atoms with E-state index in [0.717, 1.165) is 11.3 Å². The van der Waals surface area contributed by atoms with E-state index in [0.29, 0.717) is 28.0 Å². The van der Waals surface area contributed by atoms with Crippen LogP contribution in [0.5, 0.6) is 0 Å². The van der Waals surface area contributed by atoms with Crippen molar-refractivity contribution < 1.29 is 4.39 Å². The van der Waals surface area contributed by atoms with Crippen LogP contribution in [0.3, 0.4) is 0 Å². The first-order valence-corrected chi connectivity index (χ1v) is 8.06. The summed E-state index contributed by atoms with van der Waals surface area (Å²) in [5, 5.41) is 5.20. The molecule has 1 aromatic heterocycles. The van der Waals surface area contributed by atoms with Gasteiger partial charge in [0.2, 0.25) is 5.95 Å². The summed E-state index contributed by atoms with van der Waals surface area (Å²) in [5.41, 5.74) is 2.09. The van der Waals surface area contributed by atoms with Gasteiger partial charge in [-0.1, -0.05) is 41.4 Å². The Morgan fingerprint density at radius 1 is 1.08 bits per heavy atom. The van der Waals surface area contributed by atoms with Crippen molar-refractivity contribution >= 4 is 34.9 Å². The second-order valence-corrected chi connectivity index (χ2v) is 6.27. The van der Waals surface area contributed by atoms with Crippen LogP contribution in [-0.2, 0) is 0 Å².